The molecule has 17 heavy (non-hydrogen) atoms. The van der Waals surface area contributed by atoms with Crippen molar-refractivity contribution in [3.05, 3.63) is 22.6 Å². The fraction of sp³-hybridized carbons (Fsp3) is 0.400. The molecule has 0 aliphatic carbocycles. The third kappa shape index (κ3) is 4.48. The zero-order chi connectivity index (χ0) is 12.7. The van der Waals surface area contributed by atoms with E-state index in [2.05, 4.69) is 26.6 Å². The molecule has 1 heterocycles. The molecule has 0 saturated heterocycles. The average Bonchev–Trinajstić information content (AvgIpc) is 2.71. The van der Waals surface area contributed by atoms with Crippen LogP contribution in [0, 0.1) is 0 Å². The predicted molar refractivity (Wildman–Crippen MR) is 63.8 cm³/mol. The van der Waals surface area contributed by atoms with E-state index in [0.717, 1.165) is 0 Å². The number of esters is 1. The summed E-state index contributed by atoms with van der Waals surface area (Å²) < 4.78 is 10.4. The van der Waals surface area contributed by atoms with E-state index in [1.165, 1.54) is 6.26 Å². The van der Waals surface area contributed by atoms with Crippen molar-refractivity contribution in [2.24, 2.45) is 0 Å². The minimum atomic E-state index is -0.570. The Morgan fingerprint density at radius 3 is 2.82 bits per heavy atom. The highest BCUT2D eigenvalue weighted by Crippen LogP contribution is 2.18. The van der Waals surface area contributed by atoms with Crippen molar-refractivity contribution in [3.8, 4) is 0 Å². The first-order valence-electron chi connectivity index (χ1n) is 5.07. The van der Waals surface area contributed by atoms with E-state index in [1.807, 2.05) is 6.92 Å². The van der Waals surface area contributed by atoms with Gasteiger partial charge in [-0.15, -0.1) is 0 Å². The van der Waals surface area contributed by atoms with Crippen LogP contribution in [0.4, 0.5) is 4.79 Å². The number of hydrogen-bond donors (Lipinski definition) is 2. The smallest absolute Gasteiger partial charge is 0.375 e. The maximum atomic E-state index is 11.4. The van der Waals surface area contributed by atoms with E-state index in [-0.39, 0.29) is 24.9 Å². The van der Waals surface area contributed by atoms with Crippen molar-refractivity contribution in [1.82, 2.24) is 10.6 Å². The molecule has 1 rings (SSSR count). The topological polar surface area (TPSA) is 80.6 Å². The lowest BCUT2D eigenvalue weighted by molar-refractivity contribution is 0.0472. The Kier molecular flexibility index (Phi) is 5.55. The van der Waals surface area contributed by atoms with E-state index in [0.29, 0.717) is 11.0 Å². The van der Waals surface area contributed by atoms with E-state index in [1.54, 1.807) is 6.07 Å². The highest BCUT2D eigenvalue weighted by molar-refractivity contribution is 9.10. The Morgan fingerprint density at radius 1 is 1.47 bits per heavy atom. The summed E-state index contributed by atoms with van der Waals surface area (Å²) in [6.45, 7) is 2.69. The molecule has 0 fully saturated rings. The molecule has 0 aliphatic heterocycles. The quantitative estimate of drug-likeness (QED) is 0.638. The summed E-state index contributed by atoms with van der Waals surface area (Å²) in [6, 6.07) is 1.31. The number of amides is 2. The van der Waals surface area contributed by atoms with Gasteiger partial charge in [0, 0.05) is 6.54 Å². The predicted octanol–water partition coefficient (Wildman–Crippen LogP) is 1.52. The molecule has 0 atom stereocenters. The number of furan rings is 1. The Bertz CT molecular complexity index is 391. The molecule has 2 amide bonds. The fourth-order valence-corrected chi connectivity index (χ4v) is 1.40. The van der Waals surface area contributed by atoms with E-state index < -0.39 is 5.97 Å². The molecular formula is C10H13BrN2O4. The van der Waals surface area contributed by atoms with Crippen molar-refractivity contribution in [2.75, 3.05) is 19.7 Å². The van der Waals surface area contributed by atoms with Crippen LogP contribution in [-0.4, -0.2) is 31.7 Å². The van der Waals surface area contributed by atoms with Crippen molar-refractivity contribution in [2.45, 2.75) is 6.92 Å². The van der Waals surface area contributed by atoms with Crippen LogP contribution in [0.15, 0.2) is 21.2 Å². The average molecular weight is 305 g/mol. The highest BCUT2D eigenvalue weighted by Gasteiger charge is 2.14. The summed E-state index contributed by atoms with van der Waals surface area (Å²) in [5.74, 6) is -0.456. The molecule has 6 nitrogen and oxygen atoms in total. The third-order valence-electron chi connectivity index (χ3n) is 1.76. The molecule has 7 heteroatoms. The van der Waals surface area contributed by atoms with Crippen LogP contribution in [0.3, 0.4) is 0 Å². The molecule has 0 bridgehead atoms. The Balaban J connectivity index is 2.21. The lowest BCUT2D eigenvalue weighted by Crippen LogP contribution is -2.37. The number of urea groups is 1. The molecule has 0 aromatic carbocycles. The van der Waals surface area contributed by atoms with Gasteiger partial charge in [0.2, 0.25) is 5.76 Å². The molecular weight excluding hydrogens is 292 g/mol. The van der Waals surface area contributed by atoms with Gasteiger partial charge in [0.15, 0.2) is 0 Å². The van der Waals surface area contributed by atoms with E-state index in [4.69, 9.17) is 9.15 Å². The molecule has 0 spiro atoms. The van der Waals surface area contributed by atoms with Gasteiger partial charge in [0.25, 0.3) is 0 Å². The van der Waals surface area contributed by atoms with Gasteiger partial charge in [-0.1, -0.05) is 0 Å². The van der Waals surface area contributed by atoms with Crippen LogP contribution < -0.4 is 10.6 Å². The third-order valence-corrected chi connectivity index (χ3v) is 2.39. The lowest BCUT2D eigenvalue weighted by Gasteiger charge is -2.06. The van der Waals surface area contributed by atoms with Gasteiger partial charge in [-0.05, 0) is 28.9 Å². The number of carbonyl (C=O) groups is 2. The Labute approximate surface area is 107 Å². The van der Waals surface area contributed by atoms with Crippen LogP contribution in [0.25, 0.3) is 0 Å². The normalized spacial score (nSPS) is 9.76. The molecule has 94 valence electrons. The summed E-state index contributed by atoms with van der Waals surface area (Å²) >= 11 is 3.15. The van der Waals surface area contributed by atoms with Crippen LogP contribution in [0.2, 0.25) is 0 Å². The number of ether oxygens (including phenoxy) is 1. The highest BCUT2D eigenvalue weighted by atomic mass is 79.9. The van der Waals surface area contributed by atoms with Gasteiger partial charge in [0.1, 0.15) is 6.61 Å². The molecule has 0 unspecified atom stereocenters. The maximum Gasteiger partial charge on any atom is 0.375 e. The molecule has 0 radical (unpaired) electrons. The lowest BCUT2D eigenvalue weighted by atomic mass is 10.4. The second kappa shape index (κ2) is 6.95. The number of rotatable bonds is 5. The number of hydrogen-bond acceptors (Lipinski definition) is 4. The molecule has 0 saturated carbocycles. The molecule has 1 aromatic rings. The second-order valence-electron chi connectivity index (χ2n) is 3.02. The first kappa shape index (κ1) is 13.6. The van der Waals surface area contributed by atoms with Crippen molar-refractivity contribution < 1.29 is 18.7 Å². The van der Waals surface area contributed by atoms with Gasteiger partial charge < -0.3 is 19.8 Å². The molecule has 1 aromatic heterocycles. The van der Waals surface area contributed by atoms with Gasteiger partial charge in [-0.2, -0.15) is 0 Å². The largest absolute Gasteiger partial charge is 0.458 e. The summed E-state index contributed by atoms with van der Waals surface area (Å²) in [6.07, 6.45) is 1.38. The summed E-state index contributed by atoms with van der Waals surface area (Å²) in [4.78, 5) is 22.4. The van der Waals surface area contributed by atoms with E-state index >= 15 is 0 Å². The second-order valence-corrected chi connectivity index (χ2v) is 3.87. The van der Waals surface area contributed by atoms with Crippen LogP contribution >= 0.6 is 15.9 Å². The van der Waals surface area contributed by atoms with Crippen molar-refractivity contribution >= 4 is 27.9 Å². The molecule has 0 aliphatic rings. The van der Waals surface area contributed by atoms with Crippen molar-refractivity contribution in [1.29, 1.82) is 0 Å². The number of nitrogens with one attached hydrogen (secondary N) is 2. The SMILES string of the molecule is CCNC(=O)NCCOC(=O)c1occc1Br. The van der Waals surface area contributed by atoms with Gasteiger partial charge in [-0.25, -0.2) is 9.59 Å². The number of halogens is 1. The Hall–Kier alpha value is -1.50. The van der Waals surface area contributed by atoms with Crippen LogP contribution in [0.5, 0.6) is 0 Å². The fourth-order valence-electron chi connectivity index (χ4n) is 1.04. The Morgan fingerprint density at radius 2 is 2.24 bits per heavy atom. The first-order valence-corrected chi connectivity index (χ1v) is 5.86. The van der Waals surface area contributed by atoms with Gasteiger partial charge >= 0.3 is 12.0 Å². The van der Waals surface area contributed by atoms with Gasteiger partial charge in [0.05, 0.1) is 17.3 Å². The summed E-state index contributed by atoms with van der Waals surface area (Å²) in [7, 11) is 0. The first-order chi connectivity index (χ1) is 8.15. The zero-order valence-corrected chi connectivity index (χ0v) is 10.9. The van der Waals surface area contributed by atoms with Crippen molar-refractivity contribution in [3.63, 3.8) is 0 Å². The maximum absolute atomic E-state index is 11.4. The van der Waals surface area contributed by atoms with Crippen LogP contribution in [-0.2, 0) is 4.74 Å². The number of carbonyl (C=O) groups excluding carboxylic acids is 2. The minimum Gasteiger partial charge on any atom is -0.458 e. The zero-order valence-electron chi connectivity index (χ0n) is 9.29. The van der Waals surface area contributed by atoms with Crippen LogP contribution in [0.1, 0.15) is 17.5 Å². The molecule has 2 N–H and O–H groups in total. The van der Waals surface area contributed by atoms with E-state index in [9.17, 15) is 9.59 Å². The monoisotopic (exact) mass is 304 g/mol. The van der Waals surface area contributed by atoms with Gasteiger partial charge in [-0.3, -0.25) is 0 Å². The summed E-state index contributed by atoms with van der Waals surface area (Å²) in [5.41, 5.74) is 0. The minimum absolute atomic E-state index is 0.0864. The summed E-state index contributed by atoms with van der Waals surface area (Å²) in [5, 5.41) is 5.08. The standard InChI is InChI=1S/C10H13BrN2O4/c1-2-12-10(15)13-4-6-17-9(14)8-7(11)3-5-16-8/h3,5H,2,4,6H2,1H3,(H2,12,13,15).